The lowest BCUT2D eigenvalue weighted by Crippen LogP contribution is -2.47. The van der Waals surface area contributed by atoms with Crippen molar-refractivity contribution >= 4 is 17.8 Å². The third-order valence-corrected chi connectivity index (χ3v) is 5.42. The van der Waals surface area contributed by atoms with Crippen LogP contribution in [0.2, 0.25) is 0 Å². The van der Waals surface area contributed by atoms with Gasteiger partial charge < -0.3 is 15.0 Å². The molecule has 0 saturated carbocycles. The van der Waals surface area contributed by atoms with E-state index in [1.54, 1.807) is 18.7 Å². The lowest BCUT2D eigenvalue weighted by atomic mass is 10.0. The van der Waals surface area contributed by atoms with Gasteiger partial charge in [0.15, 0.2) is 0 Å². The van der Waals surface area contributed by atoms with Crippen LogP contribution in [-0.2, 0) is 22.1 Å². The number of rotatable bonds is 4. The standard InChI is InChI=1S/C21H29F3N6O3/c1-12-15(13(2)30-18(25-12)27-17(28-30)21(22,23)24)6-7-16(31)26-14-8-10-29(11-9-14)19(32)33-20(3,4)5/h14H,6-11H2,1-5H3,(H,26,31). The van der Waals surface area contributed by atoms with Gasteiger partial charge in [-0.1, -0.05) is 0 Å². The van der Waals surface area contributed by atoms with Crippen molar-refractivity contribution in [1.82, 2.24) is 29.8 Å². The molecule has 1 aliphatic rings. The molecule has 1 aliphatic heterocycles. The Labute approximate surface area is 189 Å². The van der Waals surface area contributed by atoms with Gasteiger partial charge in [-0.05, 0) is 59.4 Å². The molecule has 0 bridgehead atoms. The average molecular weight is 470 g/mol. The number of halogens is 3. The minimum atomic E-state index is -4.66. The van der Waals surface area contributed by atoms with Crippen molar-refractivity contribution in [2.45, 2.75) is 78.1 Å². The molecule has 9 nitrogen and oxygen atoms in total. The van der Waals surface area contributed by atoms with Gasteiger partial charge in [-0.15, -0.1) is 5.10 Å². The molecule has 0 radical (unpaired) electrons. The topological polar surface area (TPSA) is 102 Å². The highest BCUT2D eigenvalue weighted by Gasteiger charge is 2.37. The number of fused-ring (bicyclic) bond motifs is 1. The maximum Gasteiger partial charge on any atom is 0.453 e. The molecular formula is C21H29F3N6O3. The fraction of sp³-hybridized carbons (Fsp3) is 0.667. The number of hydrogen-bond donors (Lipinski definition) is 1. The highest BCUT2D eigenvalue weighted by Crippen LogP contribution is 2.27. The van der Waals surface area contributed by atoms with Crippen LogP contribution in [-0.4, -0.2) is 61.2 Å². The van der Waals surface area contributed by atoms with Gasteiger partial charge in [-0.25, -0.2) is 14.3 Å². The monoisotopic (exact) mass is 470 g/mol. The molecule has 182 valence electrons. The van der Waals surface area contributed by atoms with Crippen LogP contribution >= 0.6 is 0 Å². The number of amides is 2. The third-order valence-electron chi connectivity index (χ3n) is 5.42. The third kappa shape index (κ3) is 6.11. The van der Waals surface area contributed by atoms with Crippen LogP contribution in [0, 0.1) is 13.8 Å². The number of piperidine rings is 1. The average Bonchev–Trinajstić information content (AvgIpc) is 3.11. The fourth-order valence-electron chi connectivity index (χ4n) is 3.76. The largest absolute Gasteiger partial charge is 0.453 e. The first-order chi connectivity index (χ1) is 15.2. The molecule has 33 heavy (non-hydrogen) atoms. The molecule has 1 fully saturated rings. The van der Waals surface area contributed by atoms with Crippen LogP contribution in [0.1, 0.15) is 62.8 Å². The second-order valence-corrected chi connectivity index (χ2v) is 9.22. The molecule has 2 aromatic rings. The first-order valence-electron chi connectivity index (χ1n) is 10.8. The number of ether oxygens (including phenoxy) is 1. The zero-order valence-corrected chi connectivity index (χ0v) is 19.4. The Kier molecular flexibility index (Phi) is 6.85. The second kappa shape index (κ2) is 9.14. The molecular weight excluding hydrogens is 441 g/mol. The number of carbonyl (C=O) groups excluding carboxylic acids is 2. The summed E-state index contributed by atoms with van der Waals surface area (Å²) in [4.78, 5) is 33.9. The Morgan fingerprint density at radius 3 is 2.33 bits per heavy atom. The molecule has 2 aromatic heterocycles. The van der Waals surface area contributed by atoms with Crippen LogP contribution in [0.3, 0.4) is 0 Å². The van der Waals surface area contributed by atoms with Gasteiger partial charge in [0.1, 0.15) is 5.60 Å². The lowest BCUT2D eigenvalue weighted by molar-refractivity contribution is -0.144. The van der Waals surface area contributed by atoms with E-state index >= 15 is 0 Å². The molecule has 1 saturated heterocycles. The highest BCUT2D eigenvalue weighted by molar-refractivity contribution is 5.76. The van der Waals surface area contributed by atoms with E-state index in [9.17, 15) is 22.8 Å². The van der Waals surface area contributed by atoms with E-state index in [-0.39, 0.29) is 30.2 Å². The Balaban J connectivity index is 1.56. The molecule has 3 heterocycles. The SMILES string of the molecule is Cc1nc2nc(C(F)(F)F)nn2c(C)c1CCC(=O)NC1CCN(C(=O)OC(C)(C)C)CC1. The normalized spacial score (nSPS) is 15.7. The molecule has 0 aromatic carbocycles. The number of carbonyl (C=O) groups is 2. The predicted molar refractivity (Wildman–Crippen MR) is 113 cm³/mol. The maximum atomic E-state index is 12.9. The molecule has 2 amide bonds. The van der Waals surface area contributed by atoms with Crippen molar-refractivity contribution in [3.05, 3.63) is 22.8 Å². The van der Waals surface area contributed by atoms with Gasteiger partial charge in [0, 0.05) is 36.9 Å². The minimum Gasteiger partial charge on any atom is -0.444 e. The number of nitrogens with one attached hydrogen (secondary N) is 1. The summed E-state index contributed by atoms with van der Waals surface area (Å²) in [5, 5.41) is 6.50. The van der Waals surface area contributed by atoms with E-state index in [0.29, 0.717) is 49.3 Å². The highest BCUT2D eigenvalue weighted by atomic mass is 19.4. The number of hydrogen-bond acceptors (Lipinski definition) is 6. The number of likely N-dealkylation sites (tertiary alicyclic amines) is 1. The van der Waals surface area contributed by atoms with Crippen molar-refractivity contribution < 1.29 is 27.5 Å². The molecule has 0 aliphatic carbocycles. The van der Waals surface area contributed by atoms with Gasteiger partial charge in [-0.2, -0.15) is 18.2 Å². The van der Waals surface area contributed by atoms with Crippen LogP contribution < -0.4 is 5.32 Å². The number of aromatic nitrogens is 4. The smallest absolute Gasteiger partial charge is 0.444 e. The molecule has 3 rings (SSSR count). The molecule has 0 spiro atoms. The Morgan fingerprint density at radius 1 is 1.12 bits per heavy atom. The van der Waals surface area contributed by atoms with E-state index in [2.05, 4.69) is 20.4 Å². The predicted octanol–water partition coefficient (Wildman–Crippen LogP) is 3.21. The van der Waals surface area contributed by atoms with Gasteiger partial charge in [0.05, 0.1) is 0 Å². The zero-order valence-electron chi connectivity index (χ0n) is 19.4. The molecule has 1 N–H and O–H groups in total. The van der Waals surface area contributed by atoms with Crippen molar-refractivity contribution in [3.63, 3.8) is 0 Å². The lowest BCUT2D eigenvalue weighted by Gasteiger charge is -2.33. The van der Waals surface area contributed by atoms with Crippen molar-refractivity contribution in [1.29, 1.82) is 0 Å². The van der Waals surface area contributed by atoms with Gasteiger partial charge in [-0.3, -0.25) is 4.79 Å². The number of nitrogens with zero attached hydrogens (tertiary/aromatic N) is 5. The summed E-state index contributed by atoms with van der Waals surface area (Å²) in [5.74, 6) is -1.54. The zero-order chi connectivity index (χ0) is 24.6. The van der Waals surface area contributed by atoms with Crippen LogP contribution in [0.15, 0.2) is 0 Å². The number of aryl methyl sites for hydroxylation is 2. The van der Waals surface area contributed by atoms with Crippen molar-refractivity contribution in [2.75, 3.05) is 13.1 Å². The summed E-state index contributed by atoms with van der Waals surface area (Å²) in [6.45, 7) is 9.73. The van der Waals surface area contributed by atoms with E-state index in [4.69, 9.17) is 4.74 Å². The summed E-state index contributed by atoms with van der Waals surface area (Å²) in [6, 6.07) is -0.0522. The molecule has 12 heteroatoms. The van der Waals surface area contributed by atoms with E-state index in [1.165, 1.54) is 0 Å². The van der Waals surface area contributed by atoms with E-state index in [1.807, 2.05) is 20.8 Å². The first kappa shape index (κ1) is 24.7. The van der Waals surface area contributed by atoms with E-state index in [0.717, 1.165) is 4.52 Å². The summed E-state index contributed by atoms with van der Waals surface area (Å²) in [5.41, 5.74) is 1.09. The Hall–Kier alpha value is -2.92. The summed E-state index contributed by atoms with van der Waals surface area (Å²) < 4.78 is 45.2. The summed E-state index contributed by atoms with van der Waals surface area (Å²) in [6.07, 6.45) is -3.31. The van der Waals surface area contributed by atoms with Crippen LogP contribution in [0.4, 0.5) is 18.0 Å². The van der Waals surface area contributed by atoms with Gasteiger partial charge in [0.25, 0.3) is 11.6 Å². The molecule has 0 unspecified atom stereocenters. The van der Waals surface area contributed by atoms with E-state index < -0.39 is 17.6 Å². The van der Waals surface area contributed by atoms with Crippen molar-refractivity contribution in [3.8, 4) is 0 Å². The minimum absolute atomic E-state index is 0.0522. The van der Waals surface area contributed by atoms with Crippen LogP contribution in [0.5, 0.6) is 0 Å². The quantitative estimate of drug-likeness (QED) is 0.736. The maximum absolute atomic E-state index is 12.9. The summed E-state index contributed by atoms with van der Waals surface area (Å²) >= 11 is 0. The summed E-state index contributed by atoms with van der Waals surface area (Å²) in [7, 11) is 0. The fourth-order valence-corrected chi connectivity index (χ4v) is 3.76. The molecule has 0 atom stereocenters. The number of alkyl halides is 3. The first-order valence-corrected chi connectivity index (χ1v) is 10.8. The van der Waals surface area contributed by atoms with Crippen molar-refractivity contribution in [2.24, 2.45) is 0 Å². The van der Waals surface area contributed by atoms with Gasteiger partial charge >= 0.3 is 12.3 Å². The Morgan fingerprint density at radius 2 is 1.76 bits per heavy atom. The van der Waals surface area contributed by atoms with Crippen LogP contribution in [0.25, 0.3) is 5.78 Å². The van der Waals surface area contributed by atoms with Gasteiger partial charge in [0.2, 0.25) is 5.91 Å². The second-order valence-electron chi connectivity index (χ2n) is 9.22. The Bertz CT molecular complexity index is 1040.